The molecular weight excluding hydrogens is 376 g/mol. The Morgan fingerprint density at radius 1 is 0.774 bits per heavy atom. The highest BCUT2D eigenvalue weighted by Crippen LogP contribution is 2.91. The van der Waals surface area contributed by atoms with Crippen LogP contribution in [0.4, 0.5) is 0 Å². The van der Waals surface area contributed by atoms with E-state index in [9.17, 15) is 4.79 Å². The Kier molecular flexibility index (Phi) is 3.99. The van der Waals surface area contributed by atoms with Gasteiger partial charge < -0.3 is 0 Å². The van der Waals surface area contributed by atoms with Gasteiger partial charge in [-0.3, -0.25) is 4.79 Å². The first-order chi connectivity index (χ1) is 14.4. The highest BCUT2D eigenvalue weighted by molar-refractivity contribution is 5.85. The van der Waals surface area contributed by atoms with Gasteiger partial charge in [-0.2, -0.15) is 0 Å². The van der Waals surface area contributed by atoms with E-state index in [4.69, 9.17) is 0 Å². The molecule has 0 N–H and O–H groups in total. The van der Waals surface area contributed by atoms with Gasteiger partial charge >= 0.3 is 0 Å². The summed E-state index contributed by atoms with van der Waals surface area (Å²) in [5, 5.41) is 0. The largest absolute Gasteiger partial charge is 0.299 e. The second-order valence-electron chi connectivity index (χ2n) is 15.2. The number of carbonyl (C=O) groups is 1. The molecule has 0 unspecified atom stereocenters. The molecule has 6 fully saturated rings. The van der Waals surface area contributed by atoms with Crippen LogP contribution in [0.1, 0.15) is 119 Å². The van der Waals surface area contributed by atoms with Crippen LogP contribution < -0.4 is 0 Å². The highest BCUT2D eigenvalue weighted by atomic mass is 16.1. The molecule has 0 aliphatic heterocycles. The van der Waals surface area contributed by atoms with E-state index in [1.54, 1.807) is 6.42 Å². The molecule has 0 heterocycles. The number of Topliss-reactive ketones (excluding diaryl/α,β-unsaturated/α-hetero) is 1. The predicted molar refractivity (Wildman–Crippen MR) is 128 cm³/mol. The van der Waals surface area contributed by atoms with Gasteiger partial charge in [-0.05, 0) is 121 Å². The third-order valence-electron chi connectivity index (χ3n) is 14.3. The normalized spacial score (nSPS) is 61.9. The Bertz CT molecular complexity index is 826. The third-order valence-corrected chi connectivity index (χ3v) is 14.3. The number of hydrogen-bond donors (Lipinski definition) is 0. The van der Waals surface area contributed by atoms with Crippen molar-refractivity contribution in [2.24, 2.45) is 62.1 Å². The Morgan fingerprint density at radius 2 is 1.48 bits per heavy atom. The van der Waals surface area contributed by atoms with Gasteiger partial charge in [0.15, 0.2) is 0 Å². The SMILES string of the molecule is C[C@H]1[C@H](C)CC[C@]2(C)CC[C@]34C[C@]3(CC[C@@H]3[C@@]5(C)CCC(=O)C(C)(C)[C@@H]5CC[C@]34C)[C@H]12. The summed E-state index contributed by atoms with van der Waals surface area (Å²) in [7, 11) is 0. The Balaban J connectivity index is 1.41. The molecule has 0 saturated heterocycles. The van der Waals surface area contributed by atoms with Gasteiger partial charge in [0.1, 0.15) is 5.78 Å². The minimum Gasteiger partial charge on any atom is -0.299 e. The van der Waals surface area contributed by atoms with Crippen LogP contribution >= 0.6 is 0 Å². The summed E-state index contributed by atoms with van der Waals surface area (Å²) in [5.74, 6) is 4.76. The number of ketones is 1. The molecule has 6 aliphatic carbocycles. The van der Waals surface area contributed by atoms with Crippen molar-refractivity contribution in [2.45, 2.75) is 119 Å². The van der Waals surface area contributed by atoms with E-state index in [0.29, 0.717) is 38.8 Å². The fraction of sp³-hybridized carbons (Fsp3) is 0.967. The second-order valence-corrected chi connectivity index (χ2v) is 15.2. The van der Waals surface area contributed by atoms with Crippen LogP contribution in [0.2, 0.25) is 0 Å². The topological polar surface area (TPSA) is 17.1 Å². The molecule has 0 spiro atoms. The van der Waals surface area contributed by atoms with Crippen LogP contribution in [0, 0.1) is 62.1 Å². The monoisotopic (exact) mass is 424 g/mol. The zero-order valence-electron chi connectivity index (χ0n) is 21.6. The number of carbonyl (C=O) groups excluding carboxylic acids is 1. The standard InChI is InChI=1S/C30H48O/c1-19-8-12-26(5)16-17-30-18-29(30,24(26)20(19)2)15-10-22-27(6)13-11-23(31)25(3,4)21(27)9-14-28(22,30)7/h19-22,24H,8-18H2,1-7H3/t19-,20+,21+,22-,24-,26-,27+,28-,29-,30-/m1/s1. The van der Waals surface area contributed by atoms with Gasteiger partial charge in [0.05, 0.1) is 0 Å². The average Bonchev–Trinajstić information content (AvgIpc) is 3.39. The Hall–Kier alpha value is -0.330. The molecule has 0 bridgehead atoms. The fourth-order valence-corrected chi connectivity index (χ4v) is 12.6. The summed E-state index contributed by atoms with van der Waals surface area (Å²) in [5.41, 5.74) is 2.66. The number of fused-ring (bicyclic) bond motifs is 4. The van der Waals surface area contributed by atoms with E-state index in [0.717, 1.165) is 36.5 Å². The van der Waals surface area contributed by atoms with Crippen molar-refractivity contribution in [1.82, 2.24) is 0 Å². The summed E-state index contributed by atoms with van der Waals surface area (Å²) >= 11 is 0. The molecule has 10 atom stereocenters. The minimum atomic E-state index is -0.109. The van der Waals surface area contributed by atoms with E-state index < -0.39 is 0 Å². The summed E-state index contributed by atoms with van der Waals surface area (Å²) in [4.78, 5) is 12.9. The first kappa shape index (κ1) is 21.2. The fourth-order valence-electron chi connectivity index (χ4n) is 12.6. The molecule has 6 aliphatic rings. The van der Waals surface area contributed by atoms with Crippen molar-refractivity contribution >= 4 is 5.78 Å². The lowest BCUT2D eigenvalue weighted by molar-refractivity contribution is -0.207. The Morgan fingerprint density at radius 3 is 2.23 bits per heavy atom. The van der Waals surface area contributed by atoms with Crippen LogP contribution in [0.5, 0.6) is 0 Å². The molecular formula is C30H48O. The second kappa shape index (κ2) is 5.83. The molecule has 1 heteroatoms. The molecule has 174 valence electrons. The summed E-state index contributed by atoms with van der Waals surface area (Å²) in [6, 6.07) is 0. The lowest BCUT2D eigenvalue weighted by Crippen LogP contribution is -2.63. The maximum atomic E-state index is 12.9. The summed E-state index contributed by atoms with van der Waals surface area (Å²) in [6.07, 6.45) is 15.1. The van der Waals surface area contributed by atoms with Crippen LogP contribution in [0.3, 0.4) is 0 Å². The van der Waals surface area contributed by atoms with Gasteiger partial charge in [-0.25, -0.2) is 0 Å². The van der Waals surface area contributed by atoms with Gasteiger partial charge in [0.25, 0.3) is 0 Å². The van der Waals surface area contributed by atoms with Crippen molar-refractivity contribution in [1.29, 1.82) is 0 Å². The first-order valence-electron chi connectivity index (χ1n) is 13.9. The van der Waals surface area contributed by atoms with E-state index >= 15 is 0 Å². The summed E-state index contributed by atoms with van der Waals surface area (Å²) < 4.78 is 0. The van der Waals surface area contributed by atoms with Crippen molar-refractivity contribution in [2.75, 3.05) is 0 Å². The number of hydrogen-bond acceptors (Lipinski definition) is 1. The minimum absolute atomic E-state index is 0.109. The number of rotatable bonds is 0. The van der Waals surface area contributed by atoms with E-state index in [-0.39, 0.29) is 5.41 Å². The molecule has 0 aromatic heterocycles. The van der Waals surface area contributed by atoms with E-state index in [1.807, 2.05) is 0 Å². The predicted octanol–water partition coefficient (Wildman–Crippen LogP) is 8.07. The van der Waals surface area contributed by atoms with Crippen LogP contribution in [-0.2, 0) is 4.79 Å². The maximum Gasteiger partial charge on any atom is 0.138 e. The molecule has 31 heavy (non-hydrogen) atoms. The third kappa shape index (κ3) is 2.16. The van der Waals surface area contributed by atoms with Crippen LogP contribution in [-0.4, -0.2) is 5.78 Å². The van der Waals surface area contributed by atoms with Crippen molar-refractivity contribution in [3.8, 4) is 0 Å². The van der Waals surface area contributed by atoms with E-state index in [2.05, 4.69) is 48.5 Å². The lowest BCUT2D eigenvalue weighted by atomic mass is 9.35. The summed E-state index contributed by atoms with van der Waals surface area (Å²) in [6.45, 7) is 17.9. The molecule has 0 radical (unpaired) electrons. The molecule has 0 aromatic rings. The average molecular weight is 425 g/mol. The molecule has 0 amide bonds. The lowest BCUT2D eigenvalue weighted by Gasteiger charge is -2.69. The highest BCUT2D eigenvalue weighted by Gasteiger charge is 2.84. The van der Waals surface area contributed by atoms with Crippen molar-refractivity contribution in [3.63, 3.8) is 0 Å². The molecule has 6 rings (SSSR count). The molecule has 1 nitrogen and oxygen atoms in total. The zero-order chi connectivity index (χ0) is 22.2. The maximum absolute atomic E-state index is 12.9. The van der Waals surface area contributed by atoms with Gasteiger partial charge in [-0.15, -0.1) is 0 Å². The van der Waals surface area contributed by atoms with Crippen molar-refractivity contribution in [3.05, 3.63) is 0 Å². The van der Waals surface area contributed by atoms with Crippen LogP contribution in [0.15, 0.2) is 0 Å². The quantitative estimate of drug-likeness (QED) is 0.384. The van der Waals surface area contributed by atoms with Gasteiger partial charge in [-0.1, -0.05) is 48.5 Å². The van der Waals surface area contributed by atoms with Crippen LogP contribution in [0.25, 0.3) is 0 Å². The van der Waals surface area contributed by atoms with Crippen molar-refractivity contribution < 1.29 is 4.79 Å². The first-order valence-corrected chi connectivity index (χ1v) is 13.9. The van der Waals surface area contributed by atoms with E-state index in [1.165, 1.54) is 51.4 Å². The smallest absolute Gasteiger partial charge is 0.138 e. The Labute approximate surface area is 191 Å². The van der Waals surface area contributed by atoms with Gasteiger partial charge in [0, 0.05) is 11.8 Å². The van der Waals surface area contributed by atoms with Gasteiger partial charge in [0.2, 0.25) is 0 Å². The molecule has 0 aromatic carbocycles. The zero-order valence-corrected chi connectivity index (χ0v) is 21.6. The molecule has 6 saturated carbocycles.